The predicted molar refractivity (Wildman–Crippen MR) is 99.3 cm³/mol. The van der Waals surface area contributed by atoms with Crippen LogP contribution in [0.5, 0.6) is 5.75 Å². The van der Waals surface area contributed by atoms with E-state index >= 15 is 0 Å². The highest BCUT2D eigenvalue weighted by Gasteiger charge is 2.11. The molecule has 8 heteroatoms. The molecule has 0 aliphatic rings. The van der Waals surface area contributed by atoms with Gasteiger partial charge in [-0.2, -0.15) is 0 Å². The van der Waals surface area contributed by atoms with E-state index in [9.17, 15) is 14.4 Å². The molecule has 0 aliphatic carbocycles. The van der Waals surface area contributed by atoms with E-state index in [-0.39, 0.29) is 26.1 Å². The number of rotatable bonds is 7. The molecule has 0 fully saturated rings. The van der Waals surface area contributed by atoms with Crippen LogP contribution in [-0.4, -0.2) is 31.0 Å². The van der Waals surface area contributed by atoms with E-state index in [4.69, 9.17) is 9.47 Å². The smallest absolute Gasteiger partial charge is 0.306 e. The maximum absolute atomic E-state index is 11.8. The number of benzene rings is 2. The molecule has 0 heterocycles. The van der Waals surface area contributed by atoms with Gasteiger partial charge in [0, 0.05) is 6.42 Å². The highest BCUT2D eigenvalue weighted by Crippen LogP contribution is 2.32. The highest BCUT2D eigenvalue weighted by atomic mass is 79.9. The van der Waals surface area contributed by atoms with Gasteiger partial charge < -0.3 is 9.47 Å². The molecule has 2 rings (SSSR count). The maximum atomic E-state index is 11.8. The van der Waals surface area contributed by atoms with Crippen molar-refractivity contribution in [1.29, 1.82) is 0 Å². The zero-order chi connectivity index (χ0) is 18.9. The summed E-state index contributed by atoms with van der Waals surface area (Å²) in [6.07, 6.45) is -0.119. The molecule has 2 aromatic carbocycles. The van der Waals surface area contributed by atoms with E-state index in [1.807, 2.05) is 30.3 Å². The molecule has 2 amide bonds. The molecule has 0 bridgehead atoms. The topological polar surface area (TPSA) is 93.7 Å². The molecule has 138 valence electrons. The van der Waals surface area contributed by atoms with E-state index in [1.54, 1.807) is 13.0 Å². The summed E-state index contributed by atoms with van der Waals surface area (Å²) in [4.78, 5) is 34.5. The molecule has 0 aliphatic heterocycles. The van der Waals surface area contributed by atoms with Crippen LogP contribution >= 0.6 is 15.9 Å². The Morgan fingerprint density at radius 2 is 1.73 bits per heavy atom. The van der Waals surface area contributed by atoms with Gasteiger partial charge in [-0.3, -0.25) is 25.2 Å². The summed E-state index contributed by atoms with van der Waals surface area (Å²) >= 11 is 3.47. The van der Waals surface area contributed by atoms with Gasteiger partial charge in [0.1, 0.15) is 5.75 Å². The van der Waals surface area contributed by atoms with Crippen LogP contribution in [0.2, 0.25) is 0 Å². The summed E-state index contributed by atoms with van der Waals surface area (Å²) in [5.74, 6) is -0.946. The number of hydrogen-bond acceptors (Lipinski definition) is 5. The van der Waals surface area contributed by atoms with Gasteiger partial charge in [-0.15, -0.1) is 0 Å². The molecule has 2 N–H and O–H groups in total. The number of fused-ring (bicyclic) bond motifs is 1. The first kappa shape index (κ1) is 19.7. The van der Waals surface area contributed by atoms with Gasteiger partial charge in [0.25, 0.3) is 5.91 Å². The van der Waals surface area contributed by atoms with Crippen LogP contribution in [0.15, 0.2) is 40.9 Å². The van der Waals surface area contributed by atoms with Crippen LogP contribution in [0, 0.1) is 0 Å². The molecule has 26 heavy (non-hydrogen) atoms. The Balaban J connectivity index is 1.78. The van der Waals surface area contributed by atoms with Crippen molar-refractivity contribution in [3.8, 4) is 5.75 Å². The normalized spacial score (nSPS) is 10.2. The third-order valence-electron chi connectivity index (χ3n) is 3.39. The number of carbonyl (C=O) groups excluding carboxylic acids is 3. The van der Waals surface area contributed by atoms with Gasteiger partial charge in [-0.1, -0.05) is 30.3 Å². The lowest BCUT2D eigenvalue weighted by Crippen LogP contribution is -2.43. The van der Waals surface area contributed by atoms with Crippen LogP contribution in [0.4, 0.5) is 0 Å². The highest BCUT2D eigenvalue weighted by molar-refractivity contribution is 9.10. The standard InChI is InChI=1S/C18H19BrN2O5/c1-2-25-17(24)10-9-15(22)20-21-16(23)11-26-14-8-7-12-5-3-4-6-13(12)18(14)19/h3-8H,2,9-11H2,1H3,(H,20,22)(H,21,23). The maximum Gasteiger partial charge on any atom is 0.306 e. The van der Waals surface area contributed by atoms with Gasteiger partial charge in [0.2, 0.25) is 5.91 Å². The van der Waals surface area contributed by atoms with E-state index in [2.05, 4.69) is 26.8 Å². The zero-order valence-electron chi connectivity index (χ0n) is 14.2. The van der Waals surface area contributed by atoms with Crippen molar-refractivity contribution in [3.63, 3.8) is 0 Å². The second kappa shape index (κ2) is 9.76. The number of halogens is 1. The third kappa shape index (κ3) is 5.73. The van der Waals surface area contributed by atoms with Gasteiger partial charge in [-0.25, -0.2) is 0 Å². The van der Waals surface area contributed by atoms with E-state index in [0.29, 0.717) is 5.75 Å². The van der Waals surface area contributed by atoms with Crippen LogP contribution in [-0.2, 0) is 19.1 Å². The summed E-state index contributed by atoms with van der Waals surface area (Å²) in [7, 11) is 0. The van der Waals surface area contributed by atoms with Gasteiger partial charge in [-0.05, 0) is 39.7 Å². The molecule has 7 nitrogen and oxygen atoms in total. The molecule has 0 atom stereocenters. The van der Waals surface area contributed by atoms with Gasteiger partial charge in [0.05, 0.1) is 17.5 Å². The summed E-state index contributed by atoms with van der Waals surface area (Å²) in [5, 5.41) is 2.02. The molecule has 0 unspecified atom stereocenters. The van der Waals surface area contributed by atoms with Gasteiger partial charge in [0.15, 0.2) is 6.61 Å². The molecular weight excluding hydrogens is 404 g/mol. The second-order valence-electron chi connectivity index (χ2n) is 5.29. The lowest BCUT2D eigenvalue weighted by molar-refractivity contribution is -0.144. The Morgan fingerprint density at radius 1 is 1.00 bits per heavy atom. The average Bonchev–Trinajstić information content (AvgIpc) is 2.64. The first-order valence-corrected chi connectivity index (χ1v) is 8.84. The second-order valence-corrected chi connectivity index (χ2v) is 6.08. The summed E-state index contributed by atoms with van der Waals surface area (Å²) in [6.45, 7) is 1.68. The van der Waals surface area contributed by atoms with Crippen molar-refractivity contribution < 1.29 is 23.9 Å². The first-order valence-electron chi connectivity index (χ1n) is 8.04. The van der Waals surface area contributed by atoms with E-state index in [0.717, 1.165) is 15.2 Å². The zero-order valence-corrected chi connectivity index (χ0v) is 15.8. The lowest BCUT2D eigenvalue weighted by Gasteiger charge is -2.11. The number of hydrogen-bond donors (Lipinski definition) is 2. The fraction of sp³-hybridized carbons (Fsp3) is 0.278. The summed E-state index contributed by atoms with van der Waals surface area (Å²) in [5.41, 5.74) is 4.46. The fourth-order valence-corrected chi connectivity index (χ4v) is 2.76. The van der Waals surface area contributed by atoms with Crippen LogP contribution < -0.4 is 15.6 Å². The molecule has 0 spiro atoms. The number of ether oxygens (including phenoxy) is 2. The van der Waals surface area contributed by atoms with Crippen molar-refractivity contribution in [2.45, 2.75) is 19.8 Å². The Kier molecular flexibility index (Phi) is 7.40. The minimum atomic E-state index is -0.519. The Morgan fingerprint density at radius 3 is 2.50 bits per heavy atom. The van der Waals surface area contributed by atoms with Crippen LogP contribution in [0.3, 0.4) is 0 Å². The monoisotopic (exact) mass is 422 g/mol. The molecular formula is C18H19BrN2O5. The fourth-order valence-electron chi connectivity index (χ4n) is 2.16. The lowest BCUT2D eigenvalue weighted by atomic mass is 10.1. The number of nitrogens with one attached hydrogen (secondary N) is 2. The molecule has 0 saturated heterocycles. The molecule has 2 aromatic rings. The van der Waals surface area contributed by atoms with E-state index in [1.165, 1.54) is 0 Å². The minimum Gasteiger partial charge on any atom is -0.483 e. The minimum absolute atomic E-state index is 0.0456. The molecule has 0 saturated carbocycles. The summed E-state index contributed by atoms with van der Waals surface area (Å²) < 4.78 is 11.0. The number of carbonyl (C=O) groups is 3. The van der Waals surface area contributed by atoms with Crippen molar-refractivity contribution in [2.24, 2.45) is 0 Å². The largest absolute Gasteiger partial charge is 0.483 e. The third-order valence-corrected chi connectivity index (χ3v) is 4.21. The van der Waals surface area contributed by atoms with E-state index < -0.39 is 17.8 Å². The van der Waals surface area contributed by atoms with Crippen molar-refractivity contribution in [2.75, 3.05) is 13.2 Å². The van der Waals surface area contributed by atoms with Crippen LogP contribution in [0.1, 0.15) is 19.8 Å². The van der Waals surface area contributed by atoms with Crippen molar-refractivity contribution in [1.82, 2.24) is 10.9 Å². The molecule has 0 radical (unpaired) electrons. The quantitative estimate of drug-likeness (QED) is 0.527. The predicted octanol–water partition coefficient (Wildman–Crippen LogP) is 2.47. The average molecular weight is 423 g/mol. The SMILES string of the molecule is CCOC(=O)CCC(=O)NNC(=O)COc1ccc2ccccc2c1Br. The number of hydrazine groups is 1. The van der Waals surface area contributed by atoms with Crippen molar-refractivity contribution >= 4 is 44.5 Å². The first-order chi connectivity index (χ1) is 12.5. The Labute approximate surface area is 159 Å². The number of amides is 2. The van der Waals surface area contributed by atoms with Crippen molar-refractivity contribution in [3.05, 3.63) is 40.9 Å². The van der Waals surface area contributed by atoms with Gasteiger partial charge >= 0.3 is 5.97 Å². The van der Waals surface area contributed by atoms with Crippen LogP contribution in [0.25, 0.3) is 10.8 Å². The summed E-state index contributed by atoms with van der Waals surface area (Å²) in [6, 6.07) is 11.4. The Bertz CT molecular complexity index is 809. The Hall–Kier alpha value is -2.61. The number of esters is 1. The molecule has 0 aromatic heterocycles.